The van der Waals surface area contributed by atoms with Crippen LogP contribution in [-0.4, -0.2) is 39.6 Å². The number of hydrogen-bond donors (Lipinski definition) is 1. The van der Waals surface area contributed by atoms with Gasteiger partial charge in [0.2, 0.25) is 5.89 Å². The zero-order valence-corrected chi connectivity index (χ0v) is 17.4. The number of oxazole rings is 1. The van der Waals surface area contributed by atoms with Gasteiger partial charge in [0.1, 0.15) is 17.6 Å². The average Bonchev–Trinajstić information content (AvgIpc) is 3.46. The van der Waals surface area contributed by atoms with Crippen molar-refractivity contribution in [3.63, 3.8) is 0 Å². The maximum atomic E-state index is 13.4. The normalized spacial score (nSPS) is 16.5. The SMILES string of the molecule is COc1ccccc1Cc1cnc(C2CCCCN2C(=O)c2n[nH]c3ccccc23)o1. The molecule has 3 heterocycles. The Labute approximate surface area is 180 Å². The van der Waals surface area contributed by atoms with Crippen molar-refractivity contribution in [2.24, 2.45) is 0 Å². The van der Waals surface area contributed by atoms with E-state index in [1.54, 1.807) is 13.3 Å². The maximum absolute atomic E-state index is 13.4. The lowest BCUT2D eigenvalue weighted by atomic mass is 10.0. The smallest absolute Gasteiger partial charge is 0.275 e. The van der Waals surface area contributed by atoms with Gasteiger partial charge in [0, 0.05) is 23.9 Å². The third kappa shape index (κ3) is 3.67. The van der Waals surface area contributed by atoms with E-state index in [1.165, 1.54) is 0 Å². The van der Waals surface area contributed by atoms with Crippen LogP contribution < -0.4 is 4.74 Å². The van der Waals surface area contributed by atoms with E-state index in [4.69, 9.17) is 9.15 Å². The van der Waals surface area contributed by atoms with Gasteiger partial charge in [-0.3, -0.25) is 9.89 Å². The summed E-state index contributed by atoms with van der Waals surface area (Å²) in [6.07, 6.45) is 5.15. The molecule has 31 heavy (non-hydrogen) atoms. The van der Waals surface area contributed by atoms with E-state index in [9.17, 15) is 4.79 Å². The van der Waals surface area contributed by atoms with E-state index in [0.717, 1.165) is 47.2 Å². The molecule has 1 aliphatic heterocycles. The van der Waals surface area contributed by atoms with E-state index in [0.29, 0.717) is 24.6 Å². The van der Waals surface area contributed by atoms with E-state index >= 15 is 0 Å². The average molecular weight is 416 g/mol. The van der Waals surface area contributed by atoms with Crippen LogP contribution in [0.5, 0.6) is 5.75 Å². The van der Waals surface area contributed by atoms with Gasteiger partial charge in [-0.2, -0.15) is 5.10 Å². The number of H-pyrrole nitrogens is 1. The van der Waals surface area contributed by atoms with Gasteiger partial charge in [-0.15, -0.1) is 0 Å². The number of methoxy groups -OCH3 is 1. The number of likely N-dealkylation sites (tertiary alicyclic amines) is 1. The summed E-state index contributed by atoms with van der Waals surface area (Å²) in [6, 6.07) is 15.4. The Morgan fingerprint density at radius 1 is 1.19 bits per heavy atom. The summed E-state index contributed by atoms with van der Waals surface area (Å²) in [6.45, 7) is 0.662. The van der Waals surface area contributed by atoms with Gasteiger partial charge in [0.05, 0.1) is 18.8 Å². The van der Waals surface area contributed by atoms with Crippen LogP contribution in [0.25, 0.3) is 10.9 Å². The van der Waals surface area contributed by atoms with Gasteiger partial charge in [-0.25, -0.2) is 4.98 Å². The summed E-state index contributed by atoms with van der Waals surface area (Å²) in [5.74, 6) is 2.06. The lowest BCUT2D eigenvalue weighted by molar-refractivity contribution is 0.0566. The Kier molecular flexibility index (Phi) is 5.16. The predicted molar refractivity (Wildman–Crippen MR) is 116 cm³/mol. The first-order valence-corrected chi connectivity index (χ1v) is 10.5. The number of nitrogens with one attached hydrogen (secondary N) is 1. The highest BCUT2D eigenvalue weighted by atomic mass is 16.5. The molecule has 5 rings (SSSR count). The first kappa shape index (κ1) is 19.4. The number of amides is 1. The molecule has 0 aliphatic carbocycles. The molecule has 1 saturated heterocycles. The first-order chi connectivity index (χ1) is 15.2. The summed E-state index contributed by atoms with van der Waals surface area (Å²) < 4.78 is 11.6. The van der Waals surface area contributed by atoms with Gasteiger partial charge >= 0.3 is 0 Å². The molecule has 4 aromatic rings. The molecule has 1 fully saturated rings. The fraction of sp³-hybridized carbons (Fsp3) is 0.292. The van der Waals surface area contributed by atoms with Crippen molar-refractivity contribution in [1.29, 1.82) is 0 Å². The number of fused-ring (bicyclic) bond motifs is 1. The molecule has 7 nitrogen and oxygen atoms in total. The van der Waals surface area contributed by atoms with Crippen LogP contribution in [0, 0.1) is 0 Å². The number of aromatic amines is 1. The number of benzene rings is 2. The van der Waals surface area contributed by atoms with Crippen LogP contribution in [0.15, 0.2) is 59.1 Å². The molecule has 1 amide bonds. The number of para-hydroxylation sites is 2. The molecule has 1 atom stereocenters. The second-order valence-electron chi connectivity index (χ2n) is 7.78. The third-order valence-corrected chi connectivity index (χ3v) is 5.85. The number of hydrogen-bond acceptors (Lipinski definition) is 5. The van der Waals surface area contributed by atoms with Crippen LogP contribution in [0.4, 0.5) is 0 Å². The highest BCUT2D eigenvalue weighted by Gasteiger charge is 2.33. The zero-order chi connectivity index (χ0) is 21.2. The van der Waals surface area contributed by atoms with Crippen LogP contribution in [0.3, 0.4) is 0 Å². The molecular weight excluding hydrogens is 392 g/mol. The van der Waals surface area contributed by atoms with Crippen molar-refractivity contribution in [1.82, 2.24) is 20.1 Å². The van der Waals surface area contributed by atoms with E-state index in [-0.39, 0.29) is 11.9 Å². The molecule has 0 bridgehead atoms. The number of carbonyl (C=O) groups excluding carboxylic acids is 1. The minimum Gasteiger partial charge on any atom is -0.496 e. The molecular formula is C24H24N4O3. The van der Waals surface area contributed by atoms with Gasteiger partial charge in [-0.1, -0.05) is 36.4 Å². The van der Waals surface area contributed by atoms with Gasteiger partial charge in [0.15, 0.2) is 5.69 Å². The Morgan fingerprint density at radius 3 is 2.94 bits per heavy atom. The quantitative estimate of drug-likeness (QED) is 0.517. The first-order valence-electron chi connectivity index (χ1n) is 10.5. The molecule has 0 spiro atoms. The predicted octanol–water partition coefficient (Wildman–Crippen LogP) is 4.52. The van der Waals surface area contributed by atoms with Gasteiger partial charge < -0.3 is 14.1 Å². The number of piperidine rings is 1. The van der Waals surface area contributed by atoms with E-state index in [1.807, 2.05) is 53.4 Å². The molecule has 0 radical (unpaired) electrons. The lowest BCUT2D eigenvalue weighted by Gasteiger charge is -2.33. The number of rotatable bonds is 5. The summed E-state index contributed by atoms with van der Waals surface area (Å²) >= 11 is 0. The fourth-order valence-electron chi connectivity index (χ4n) is 4.29. The standard InChI is InChI=1S/C24H24N4O3/c1-30-21-12-5-2-8-16(21)14-17-15-25-23(31-17)20-11-6-7-13-28(20)24(29)22-18-9-3-4-10-19(18)26-27-22/h2-5,8-10,12,15,20H,6-7,11,13-14H2,1H3,(H,26,27). The largest absolute Gasteiger partial charge is 0.496 e. The Bertz CT molecular complexity index is 1210. The summed E-state index contributed by atoms with van der Waals surface area (Å²) in [7, 11) is 1.66. The van der Waals surface area contributed by atoms with E-state index in [2.05, 4.69) is 15.2 Å². The van der Waals surface area contributed by atoms with Crippen molar-refractivity contribution in [2.45, 2.75) is 31.7 Å². The number of nitrogens with zero attached hydrogens (tertiary/aromatic N) is 3. The second-order valence-corrected chi connectivity index (χ2v) is 7.78. The van der Waals surface area contributed by atoms with Crippen LogP contribution in [0.1, 0.15) is 53.0 Å². The van der Waals surface area contributed by atoms with Crippen LogP contribution >= 0.6 is 0 Å². The highest BCUT2D eigenvalue weighted by Crippen LogP contribution is 2.33. The summed E-state index contributed by atoms with van der Waals surface area (Å²) in [5.41, 5.74) is 2.34. The van der Waals surface area contributed by atoms with Gasteiger partial charge in [0.25, 0.3) is 5.91 Å². The summed E-state index contributed by atoms with van der Waals surface area (Å²) in [4.78, 5) is 19.8. The van der Waals surface area contributed by atoms with Crippen molar-refractivity contribution in [3.05, 3.63) is 77.6 Å². The molecule has 7 heteroatoms. The molecule has 158 valence electrons. The van der Waals surface area contributed by atoms with Crippen molar-refractivity contribution in [2.75, 3.05) is 13.7 Å². The molecule has 2 aromatic heterocycles. The molecule has 1 N–H and O–H groups in total. The zero-order valence-electron chi connectivity index (χ0n) is 17.4. The van der Waals surface area contributed by atoms with Crippen LogP contribution in [0.2, 0.25) is 0 Å². The Balaban J connectivity index is 1.40. The summed E-state index contributed by atoms with van der Waals surface area (Å²) in [5, 5.41) is 8.09. The fourth-order valence-corrected chi connectivity index (χ4v) is 4.29. The van der Waals surface area contributed by atoms with Crippen molar-refractivity contribution in [3.8, 4) is 5.75 Å². The number of aromatic nitrogens is 3. The minimum atomic E-state index is -0.192. The minimum absolute atomic E-state index is 0.0911. The van der Waals surface area contributed by atoms with Crippen LogP contribution in [-0.2, 0) is 6.42 Å². The number of carbonyl (C=O) groups is 1. The topological polar surface area (TPSA) is 84.2 Å². The molecule has 1 unspecified atom stereocenters. The molecule has 2 aromatic carbocycles. The Morgan fingerprint density at radius 2 is 2.03 bits per heavy atom. The molecule has 1 aliphatic rings. The monoisotopic (exact) mass is 416 g/mol. The number of ether oxygens (including phenoxy) is 1. The second kappa shape index (κ2) is 8.26. The van der Waals surface area contributed by atoms with Crippen molar-refractivity contribution < 1.29 is 13.9 Å². The van der Waals surface area contributed by atoms with E-state index < -0.39 is 0 Å². The lowest BCUT2D eigenvalue weighted by Crippen LogP contribution is -2.39. The maximum Gasteiger partial charge on any atom is 0.275 e. The van der Waals surface area contributed by atoms with Gasteiger partial charge in [-0.05, 0) is 31.4 Å². The molecule has 0 saturated carbocycles. The highest BCUT2D eigenvalue weighted by molar-refractivity contribution is 6.04. The van der Waals surface area contributed by atoms with Crippen molar-refractivity contribution >= 4 is 16.8 Å². The third-order valence-electron chi connectivity index (χ3n) is 5.85. The Hall–Kier alpha value is -3.61.